The maximum absolute atomic E-state index is 16.1. The molecule has 1 atom stereocenters. The monoisotopic (exact) mass is 907 g/mol. The van der Waals surface area contributed by atoms with Crippen molar-refractivity contribution < 1.29 is 37.1 Å². The molecule has 11 rings (SSSR count). The number of carbonyl (C=O) groups is 5. The van der Waals surface area contributed by atoms with Crippen molar-refractivity contribution in [1.82, 2.24) is 39.5 Å². The van der Waals surface area contributed by atoms with Crippen LogP contribution >= 0.6 is 0 Å². The van der Waals surface area contributed by atoms with E-state index in [1.807, 2.05) is 21.9 Å². The zero-order valence-electron chi connectivity index (χ0n) is 36.6. The molecule has 2 N–H and O–H groups in total. The van der Waals surface area contributed by atoms with Gasteiger partial charge < -0.3 is 29.8 Å². The maximum atomic E-state index is 16.1. The van der Waals surface area contributed by atoms with E-state index in [9.17, 15) is 32.8 Å². The van der Waals surface area contributed by atoms with Crippen LogP contribution in [0, 0.1) is 11.7 Å². The van der Waals surface area contributed by atoms with Crippen LogP contribution in [-0.2, 0) is 22.7 Å². The van der Waals surface area contributed by atoms with Crippen molar-refractivity contribution >= 4 is 52.2 Å². The van der Waals surface area contributed by atoms with E-state index in [1.165, 1.54) is 11.1 Å². The van der Waals surface area contributed by atoms with E-state index in [-0.39, 0.29) is 73.5 Å². The Morgan fingerprint density at radius 2 is 1.56 bits per heavy atom. The fourth-order valence-corrected chi connectivity index (χ4v) is 11.4. The van der Waals surface area contributed by atoms with E-state index in [0.29, 0.717) is 85.4 Å². The fourth-order valence-electron chi connectivity index (χ4n) is 11.4. The van der Waals surface area contributed by atoms with Crippen molar-refractivity contribution in [2.24, 2.45) is 5.92 Å². The van der Waals surface area contributed by atoms with E-state index < -0.39 is 23.7 Å². The van der Waals surface area contributed by atoms with Gasteiger partial charge in [-0.3, -0.25) is 34.2 Å². The van der Waals surface area contributed by atoms with Crippen LogP contribution in [0.1, 0.15) is 93.6 Å². The molecule has 8 heterocycles. The van der Waals surface area contributed by atoms with Gasteiger partial charge in [0.2, 0.25) is 11.8 Å². The first-order valence-electron chi connectivity index (χ1n) is 23.3. The average Bonchev–Trinajstić information content (AvgIpc) is 3.99. The number of imide groups is 1. The van der Waals surface area contributed by atoms with E-state index in [2.05, 4.69) is 35.4 Å². The summed E-state index contributed by atoms with van der Waals surface area (Å²) in [6.07, 6.45) is 8.37. The minimum Gasteiger partial charge on any atom is -0.369 e. The summed E-state index contributed by atoms with van der Waals surface area (Å²) in [6.45, 7) is 6.74. The Labute approximate surface area is 379 Å². The summed E-state index contributed by atoms with van der Waals surface area (Å²) in [5.41, 5.74) is 4.56. The van der Waals surface area contributed by atoms with Crippen molar-refractivity contribution in [3.63, 3.8) is 0 Å². The molecule has 6 aliphatic heterocycles. The third-order valence-electron chi connectivity index (χ3n) is 15.2. The summed E-state index contributed by atoms with van der Waals surface area (Å²) in [4.78, 5) is 81.9. The Balaban J connectivity index is 0.712. The zero-order chi connectivity index (χ0) is 45.4. The van der Waals surface area contributed by atoms with Gasteiger partial charge in [-0.1, -0.05) is 0 Å². The molecule has 2 aromatic heterocycles. The number of aromatic nitrogens is 3. The van der Waals surface area contributed by atoms with Gasteiger partial charge in [-0.05, 0) is 73.9 Å². The van der Waals surface area contributed by atoms with Crippen molar-refractivity contribution in [2.75, 3.05) is 74.0 Å². The lowest BCUT2D eigenvalue weighted by atomic mass is 9.86. The first-order valence-corrected chi connectivity index (χ1v) is 23.3. The SMILES string of the molecule is O=C1CCC(N2Cc3c(ccc(N4CCC(CN5CCC(N6Cc7cc(NC(=O)c8cnn9cccnc89)c(N8CCN(C9CC(F)(F)C9)CC8)cc7C6=O)CC5)CC4)c3F)C2=O)C(=O)N1. The van der Waals surface area contributed by atoms with Crippen molar-refractivity contribution in [2.45, 2.75) is 88.5 Å². The lowest BCUT2D eigenvalue weighted by molar-refractivity contribution is -0.137. The number of fused-ring (bicyclic) bond motifs is 3. The second-order valence-electron chi connectivity index (χ2n) is 19.1. The predicted octanol–water partition coefficient (Wildman–Crippen LogP) is 4.14. The highest BCUT2D eigenvalue weighted by atomic mass is 19.3. The average molecular weight is 908 g/mol. The molecular formula is C47H52F3N11O5. The minimum absolute atomic E-state index is 0.00214. The van der Waals surface area contributed by atoms with Gasteiger partial charge in [-0.2, -0.15) is 5.10 Å². The number of alkyl halides is 2. The number of hydrogen-bond donors (Lipinski definition) is 2. The Kier molecular flexibility index (Phi) is 10.7. The largest absolute Gasteiger partial charge is 0.369 e. The van der Waals surface area contributed by atoms with Gasteiger partial charge in [0.1, 0.15) is 11.6 Å². The molecule has 1 saturated carbocycles. The lowest BCUT2D eigenvalue weighted by Crippen LogP contribution is -2.57. The standard InChI is InChI=1S/C47H52F3N11O5/c48-41-35-27-60(38-4-5-40(62)54-44(38)64)45(65)32(35)2-3-37(41)57-14-6-28(7-15-57)25-55-12-8-30(9-13-55)59-26-29-20-36(53-43(63)34-24-52-61-11-1-10-51-42(34)61)39(21-33(29)46(59)66)58-18-16-56(17-19-58)31-22-47(49,50)23-31/h1-3,10-11,20-21,24,28,30-31,38H,4-9,12-19,22-23,25-27H2,(H,53,63)(H,54,62,64). The first-order chi connectivity index (χ1) is 31.9. The molecule has 2 aromatic carbocycles. The third kappa shape index (κ3) is 7.72. The van der Waals surface area contributed by atoms with Gasteiger partial charge in [0.15, 0.2) is 11.5 Å². The highest BCUT2D eigenvalue weighted by Crippen LogP contribution is 2.42. The van der Waals surface area contributed by atoms with Crippen molar-refractivity contribution in [1.29, 1.82) is 0 Å². The molecule has 1 unspecified atom stereocenters. The maximum Gasteiger partial charge on any atom is 0.261 e. The smallest absolute Gasteiger partial charge is 0.261 e. The van der Waals surface area contributed by atoms with Gasteiger partial charge in [0.25, 0.3) is 23.6 Å². The number of nitrogens with zero attached hydrogens (tertiary/aromatic N) is 9. The Hall–Kier alpha value is -6.08. The molecular weight excluding hydrogens is 856 g/mol. The van der Waals surface area contributed by atoms with Crippen LogP contribution in [-0.4, -0.2) is 147 Å². The van der Waals surface area contributed by atoms with Gasteiger partial charge >= 0.3 is 0 Å². The molecule has 19 heteroatoms. The summed E-state index contributed by atoms with van der Waals surface area (Å²) in [6, 6.07) is 8.01. The summed E-state index contributed by atoms with van der Waals surface area (Å²) in [5.74, 6) is -4.26. The number of piperazine rings is 1. The number of piperidine rings is 3. The van der Waals surface area contributed by atoms with E-state index in [0.717, 1.165) is 56.6 Å². The highest BCUT2D eigenvalue weighted by molar-refractivity contribution is 6.10. The molecule has 5 fully saturated rings. The van der Waals surface area contributed by atoms with Crippen LogP contribution in [0.4, 0.5) is 30.2 Å². The van der Waals surface area contributed by atoms with Gasteiger partial charge in [0.05, 0.1) is 29.8 Å². The van der Waals surface area contributed by atoms with Crippen LogP contribution in [0.3, 0.4) is 0 Å². The lowest BCUT2D eigenvalue weighted by Gasteiger charge is -2.46. The number of benzene rings is 2. The Morgan fingerprint density at radius 3 is 2.30 bits per heavy atom. The van der Waals surface area contributed by atoms with Crippen LogP contribution < -0.4 is 20.4 Å². The number of amides is 5. The molecule has 16 nitrogen and oxygen atoms in total. The molecule has 7 aliphatic rings. The number of carbonyl (C=O) groups excluding carboxylic acids is 5. The first kappa shape index (κ1) is 42.5. The highest BCUT2D eigenvalue weighted by Gasteiger charge is 2.48. The van der Waals surface area contributed by atoms with Crippen LogP contribution in [0.2, 0.25) is 0 Å². The summed E-state index contributed by atoms with van der Waals surface area (Å²) in [5, 5.41) is 9.69. The van der Waals surface area contributed by atoms with Crippen LogP contribution in [0.25, 0.3) is 5.65 Å². The normalized spacial score (nSPS) is 23.4. The van der Waals surface area contributed by atoms with E-state index in [4.69, 9.17) is 0 Å². The van der Waals surface area contributed by atoms with Gasteiger partial charge in [0, 0.05) is 126 Å². The van der Waals surface area contributed by atoms with E-state index in [1.54, 1.807) is 35.1 Å². The molecule has 0 bridgehead atoms. The van der Waals surface area contributed by atoms with Crippen LogP contribution in [0.5, 0.6) is 0 Å². The van der Waals surface area contributed by atoms with Gasteiger partial charge in [-0.15, -0.1) is 0 Å². The van der Waals surface area contributed by atoms with Crippen LogP contribution in [0.15, 0.2) is 48.9 Å². The number of anilines is 3. The quantitative estimate of drug-likeness (QED) is 0.233. The molecule has 4 aromatic rings. The number of likely N-dealkylation sites (tertiary alicyclic amines) is 1. The molecule has 4 saturated heterocycles. The van der Waals surface area contributed by atoms with Crippen molar-refractivity contribution in [3.05, 3.63) is 82.6 Å². The molecule has 5 amide bonds. The summed E-state index contributed by atoms with van der Waals surface area (Å²) in [7, 11) is 0. The zero-order valence-corrected chi connectivity index (χ0v) is 36.6. The summed E-state index contributed by atoms with van der Waals surface area (Å²) < 4.78 is 45.1. The number of hydrogen-bond acceptors (Lipinski definition) is 11. The number of nitrogens with one attached hydrogen (secondary N) is 2. The summed E-state index contributed by atoms with van der Waals surface area (Å²) >= 11 is 0. The fraction of sp³-hybridized carbons (Fsp3) is 0.511. The molecule has 1 aliphatic carbocycles. The minimum atomic E-state index is -2.60. The Morgan fingerprint density at radius 1 is 0.818 bits per heavy atom. The topological polar surface area (TPSA) is 159 Å². The molecule has 0 radical (unpaired) electrons. The van der Waals surface area contributed by atoms with Crippen molar-refractivity contribution in [3.8, 4) is 0 Å². The molecule has 0 spiro atoms. The number of rotatable bonds is 9. The molecule has 346 valence electrons. The Bertz CT molecular complexity index is 2630. The predicted molar refractivity (Wildman–Crippen MR) is 236 cm³/mol. The number of halogens is 3. The molecule has 66 heavy (non-hydrogen) atoms. The second kappa shape index (κ2) is 16.7. The second-order valence-corrected chi connectivity index (χ2v) is 19.1. The third-order valence-corrected chi connectivity index (χ3v) is 15.2. The van der Waals surface area contributed by atoms with E-state index >= 15 is 4.39 Å². The van der Waals surface area contributed by atoms with Gasteiger partial charge in [-0.25, -0.2) is 22.7 Å².